The van der Waals surface area contributed by atoms with Crippen molar-refractivity contribution in [3.63, 3.8) is 0 Å². The SMILES string of the molecule is CC(CN)(NC1CCCCC1)C1CCOC1. The van der Waals surface area contributed by atoms with E-state index in [0.29, 0.717) is 12.0 Å². The van der Waals surface area contributed by atoms with Crippen LogP contribution in [0.5, 0.6) is 0 Å². The first-order valence-corrected chi connectivity index (χ1v) is 6.80. The van der Waals surface area contributed by atoms with Gasteiger partial charge in [0, 0.05) is 30.7 Å². The lowest BCUT2D eigenvalue weighted by Crippen LogP contribution is -2.58. The third-order valence-electron chi connectivity index (χ3n) is 4.39. The van der Waals surface area contributed by atoms with Gasteiger partial charge < -0.3 is 15.8 Å². The fourth-order valence-corrected chi connectivity index (χ4v) is 3.09. The molecule has 0 aromatic rings. The fourth-order valence-electron chi connectivity index (χ4n) is 3.09. The van der Waals surface area contributed by atoms with Gasteiger partial charge in [-0.3, -0.25) is 0 Å². The predicted molar refractivity (Wildman–Crippen MR) is 66.4 cm³/mol. The highest BCUT2D eigenvalue weighted by molar-refractivity contribution is 4.95. The van der Waals surface area contributed by atoms with Crippen LogP contribution >= 0.6 is 0 Å². The first kappa shape index (κ1) is 12.3. The van der Waals surface area contributed by atoms with Gasteiger partial charge in [0.05, 0.1) is 6.61 Å². The average Bonchev–Trinajstić information content (AvgIpc) is 2.84. The van der Waals surface area contributed by atoms with Crippen LogP contribution in [0.25, 0.3) is 0 Å². The third-order valence-corrected chi connectivity index (χ3v) is 4.39. The molecule has 1 aliphatic carbocycles. The maximum Gasteiger partial charge on any atom is 0.0513 e. The summed E-state index contributed by atoms with van der Waals surface area (Å²) in [5.41, 5.74) is 6.07. The smallest absolute Gasteiger partial charge is 0.0513 e. The van der Waals surface area contributed by atoms with Gasteiger partial charge in [0.25, 0.3) is 0 Å². The molecule has 94 valence electrons. The van der Waals surface area contributed by atoms with E-state index < -0.39 is 0 Å². The molecule has 0 radical (unpaired) electrons. The molecule has 0 amide bonds. The lowest BCUT2D eigenvalue weighted by molar-refractivity contribution is 0.142. The molecule has 2 unspecified atom stereocenters. The van der Waals surface area contributed by atoms with Crippen LogP contribution in [0.3, 0.4) is 0 Å². The molecule has 0 aromatic carbocycles. The fraction of sp³-hybridized carbons (Fsp3) is 1.00. The van der Waals surface area contributed by atoms with Gasteiger partial charge in [0.2, 0.25) is 0 Å². The Hall–Kier alpha value is -0.120. The van der Waals surface area contributed by atoms with Gasteiger partial charge in [-0.25, -0.2) is 0 Å². The lowest BCUT2D eigenvalue weighted by Gasteiger charge is -2.39. The molecule has 1 saturated heterocycles. The molecule has 1 saturated carbocycles. The maximum absolute atomic E-state index is 5.99. The van der Waals surface area contributed by atoms with Crippen LogP contribution in [-0.2, 0) is 4.74 Å². The van der Waals surface area contributed by atoms with E-state index in [2.05, 4.69) is 12.2 Å². The quantitative estimate of drug-likeness (QED) is 0.766. The van der Waals surface area contributed by atoms with E-state index in [1.165, 1.54) is 32.1 Å². The van der Waals surface area contributed by atoms with E-state index in [9.17, 15) is 0 Å². The van der Waals surface area contributed by atoms with Gasteiger partial charge in [-0.05, 0) is 26.2 Å². The predicted octanol–water partition coefficient (Wildman–Crippen LogP) is 1.66. The monoisotopic (exact) mass is 226 g/mol. The molecule has 2 fully saturated rings. The number of hydrogen-bond acceptors (Lipinski definition) is 3. The van der Waals surface area contributed by atoms with Crippen LogP contribution in [-0.4, -0.2) is 31.3 Å². The van der Waals surface area contributed by atoms with Crippen LogP contribution < -0.4 is 11.1 Å². The normalized spacial score (nSPS) is 31.5. The van der Waals surface area contributed by atoms with Gasteiger partial charge in [-0.2, -0.15) is 0 Å². The highest BCUT2D eigenvalue weighted by Crippen LogP contribution is 2.28. The van der Waals surface area contributed by atoms with Crippen molar-refractivity contribution in [2.45, 2.75) is 57.0 Å². The summed E-state index contributed by atoms with van der Waals surface area (Å²) in [6, 6.07) is 0.683. The molecule has 1 aliphatic heterocycles. The summed E-state index contributed by atoms with van der Waals surface area (Å²) in [5, 5.41) is 3.82. The minimum atomic E-state index is 0.0819. The second kappa shape index (κ2) is 5.48. The molecule has 3 N–H and O–H groups in total. The zero-order chi connectivity index (χ0) is 11.4. The Morgan fingerprint density at radius 1 is 1.25 bits per heavy atom. The molecular weight excluding hydrogens is 200 g/mol. The first-order valence-electron chi connectivity index (χ1n) is 6.80. The van der Waals surface area contributed by atoms with Crippen molar-refractivity contribution in [3.8, 4) is 0 Å². The number of nitrogens with two attached hydrogens (primary N) is 1. The summed E-state index contributed by atoms with van der Waals surface area (Å²) in [4.78, 5) is 0. The Balaban J connectivity index is 1.91. The summed E-state index contributed by atoms with van der Waals surface area (Å²) in [6.45, 7) is 4.79. The van der Waals surface area contributed by atoms with Crippen molar-refractivity contribution in [2.75, 3.05) is 19.8 Å². The Kier molecular flexibility index (Phi) is 4.22. The molecule has 2 aliphatic rings. The molecule has 2 rings (SSSR count). The van der Waals surface area contributed by atoms with Crippen molar-refractivity contribution >= 4 is 0 Å². The average molecular weight is 226 g/mol. The summed E-state index contributed by atoms with van der Waals surface area (Å²) in [6.07, 6.45) is 7.96. The second-order valence-electron chi connectivity index (χ2n) is 5.66. The first-order chi connectivity index (χ1) is 7.74. The maximum atomic E-state index is 5.99. The zero-order valence-corrected chi connectivity index (χ0v) is 10.5. The minimum absolute atomic E-state index is 0.0819. The summed E-state index contributed by atoms with van der Waals surface area (Å²) >= 11 is 0. The molecule has 1 heterocycles. The Morgan fingerprint density at radius 3 is 2.56 bits per heavy atom. The molecule has 0 bridgehead atoms. The number of rotatable bonds is 4. The molecule has 16 heavy (non-hydrogen) atoms. The zero-order valence-electron chi connectivity index (χ0n) is 10.5. The summed E-state index contributed by atoms with van der Waals surface area (Å²) in [7, 11) is 0. The van der Waals surface area contributed by atoms with Crippen LogP contribution in [0.4, 0.5) is 0 Å². The van der Waals surface area contributed by atoms with Crippen LogP contribution in [0.2, 0.25) is 0 Å². The van der Waals surface area contributed by atoms with E-state index >= 15 is 0 Å². The van der Waals surface area contributed by atoms with Crippen molar-refractivity contribution in [1.82, 2.24) is 5.32 Å². The third kappa shape index (κ3) is 2.76. The summed E-state index contributed by atoms with van der Waals surface area (Å²) < 4.78 is 5.50. The van der Waals surface area contributed by atoms with Gasteiger partial charge >= 0.3 is 0 Å². The van der Waals surface area contributed by atoms with Crippen molar-refractivity contribution in [3.05, 3.63) is 0 Å². The lowest BCUT2D eigenvalue weighted by atomic mass is 9.82. The molecule has 0 spiro atoms. The minimum Gasteiger partial charge on any atom is -0.381 e. The highest BCUT2D eigenvalue weighted by Gasteiger charge is 2.37. The Labute approximate surface area is 99.1 Å². The number of hydrogen-bond donors (Lipinski definition) is 2. The van der Waals surface area contributed by atoms with E-state index in [4.69, 9.17) is 10.5 Å². The number of ether oxygens (including phenoxy) is 1. The van der Waals surface area contributed by atoms with Crippen molar-refractivity contribution in [2.24, 2.45) is 11.7 Å². The molecule has 3 nitrogen and oxygen atoms in total. The van der Waals surface area contributed by atoms with Crippen LogP contribution in [0.15, 0.2) is 0 Å². The summed E-state index contributed by atoms with van der Waals surface area (Å²) in [5.74, 6) is 0.597. The topological polar surface area (TPSA) is 47.3 Å². The largest absolute Gasteiger partial charge is 0.381 e. The molecular formula is C13H26N2O. The number of nitrogens with one attached hydrogen (secondary N) is 1. The van der Waals surface area contributed by atoms with E-state index in [1.54, 1.807) is 0 Å². The van der Waals surface area contributed by atoms with Gasteiger partial charge in [0.15, 0.2) is 0 Å². The molecule has 0 aromatic heterocycles. The van der Waals surface area contributed by atoms with E-state index in [1.807, 2.05) is 0 Å². The second-order valence-corrected chi connectivity index (χ2v) is 5.66. The molecule has 3 heteroatoms. The Bertz CT molecular complexity index is 210. The van der Waals surface area contributed by atoms with Crippen molar-refractivity contribution < 1.29 is 4.74 Å². The van der Waals surface area contributed by atoms with Crippen LogP contribution in [0.1, 0.15) is 45.4 Å². The standard InChI is InChI=1S/C13H26N2O/c1-13(10-14,11-7-8-16-9-11)15-12-5-3-2-4-6-12/h11-12,15H,2-10,14H2,1H3. The van der Waals surface area contributed by atoms with Gasteiger partial charge in [0.1, 0.15) is 0 Å². The van der Waals surface area contributed by atoms with Gasteiger partial charge in [-0.15, -0.1) is 0 Å². The van der Waals surface area contributed by atoms with Crippen molar-refractivity contribution in [1.29, 1.82) is 0 Å². The highest BCUT2D eigenvalue weighted by atomic mass is 16.5. The Morgan fingerprint density at radius 2 is 2.00 bits per heavy atom. The van der Waals surface area contributed by atoms with E-state index in [-0.39, 0.29) is 5.54 Å². The molecule has 2 atom stereocenters. The van der Waals surface area contributed by atoms with E-state index in [0.717, 1.165) is 26.2 Å². The van der Waals surface area contributed by atoms with Gasteiger partial charge in [-0.1, -0.05) is 19.3 Å². The van der Waals surface area contributed by atoms with Crippen LogP contribution in [0, 0.1) is 5.92 Å².